The maximum atomic E-state index is 13.0. The Balaban J connectivity index is 1.56. The molecule has 0 bridgehead atoms. The molecule has 0 saturated heterocycles. The average Bonchev–Trinajstić information content (AvgIpc) is 3.14. The van der Waals surface area contributed by atoms with E-state index >= 15 is 0 Å². The molecule has 27 heavy (non-hydrogen) atoms. The van der Waals surface area contributed by atoms with Gasteiger partial charge in [0.2, 0.25) is 5.91 Å². The molecule has 5 heteroatoms. The second-order valence-electron chi connectivity index (χ2n) is 6.17. The number of carbonyl (C=O) groups is 1. The van der Waals surface area contributed by atoms with Gasteiger partial charge in [0.1, 0.15) is 5.25 Å². The number of hydrogen-bond donors (Lipinski definition) is 2. The van der Waals surface area contributed by atoms with Gasteiger partial charge in [0.15, 0.2) is 5.16 Å². The Kier molecular flexibility index (Phi) is 5.21. The fourth-order valence-electron chi connectivity index (χ4n) is 2.88. The van der Waals surface area contributed by atoms with Gasteiger partial charge in [-0.3, -0.25) is 4.79 Å². The highest BCUT2D eigenvalue weighted by Gasteiger charge is 2.23. The second kappa shape index (κ2) is 8.10. The van der Waals surface area contributed by atoms with Crippen molar-refractivity contribution in [1.82, 2.24) is 15.3 Å². The predicted octanol–water partition coefficient (Wildman–Crippen LogP) is 4.71. The van der Waals surface area contributed by atoms with Gasteiger partial charge < -0.3 is 10.3 Å². The zero-order chi connectivity index (χ0) is 18.5. The molecule has 4 nitrogen and oxygen atoms in total. The lowest BCUT2D eigenvalue weighted by Crippen LogP contribution is -2.27. The number of H-pyrrole nitrogens is 1. The Morgan fingerprint density at radius 3 is 2.33 bits per heavy atom. The number of nitrogens with zero attached hydrogens (tertiary/aromatic N) is 1. The molecular weight excluding hydrogens is 354 g/mol. The molecule has 0 saturated carbocycles. The maximum absolute atomic E-state index is 13.0. The van der Waals surface area contributed by atoms with E-state index in [1.807, 2.05) is 84.9 Å². The van der Waals surface area contributed by atoms with Crippen molar-refractivity contribution >= 4 is 28.7 Å². The minimum absolute atomic E-state index is 0.0319. The number of thioether (sulfide) groups is 1. The maximum Gasteiger partial charge on any atom is 0.238 e. The van der Waals surface area contributed by atoms with Crippen LogP contribution in [0.1, 0.15) is 16.4 Å². The van der Waals surface area contributed by atoms with Crippen LogP contribution in [-0.4, -0.2) is 15.9 Å². The van der Waals surface area contributed by atoms with Gasteiger partial charge in [0.25, 0.3) is 0 Å². The molecule has 1 aromatic heterocycles. The van der Waals surface area contributed by atoms with E-state index in [1.165, 1.54) is 11.8 Å². The topological polar surface area (TPSA) is 57.8 Å². The van der Waals surface area contributed by atoms with Gasteiger partial charge in [-0.25, -0.2) is 4.98 Å². The van der Waals surface area contributed by atoms with Gasteiger partial charge in [0.05, 0.1) is 11.0 Å². The van der Waals surface area contributed by atoms with Crippen LogP contribution in [0.15, 0.2) is 90.1 Å². The Morgan fingerprint density at radius 1 is 0.926 bits per heavy atom. The summed E-state index contributed by atoms with van der Waals surface area (Å²) in [5.74, 6) is -0.0319. The molecule has 4 aromatic rings. The van der Waals surface area contributed by atoms with E-state index < -0.39 is 0 Å². The van der Waals surface area contributed by atoms with Gasteiger partial charge in [-0.05, 0) is 23.3 Å². The summed E-state index contributed by atoms with van der Waals surface area (Å²) >= 11 is 1.43. The van der Waals surface area contributed by atoms with Crippen LogP contribution in [0.25, 0.3) is 11.0 Å². The summed E-state index contributed by atoms with van der Waals surface area (Å²) < 4.78 is 0. The molecule has 0 radical (unpaired) electrons. The molecule has 0 aliphatic carbocycles. The number of carbonyl (C=O) groups excluding carboxylic acids is 1. The second-order valence-corrected chi connectivity index (χ2v) is 7.26. The van der Waals surface area contributed by atoms with E-state index in [9.17, 15) is 4.79 Å². The number of imidazole rings is 1. The first-order valence-corrected chi connectivity index (χ1v) is 9.65. The third-order valence-corrected chi connectivity index (χ3v) is 5.39. The van der Waals surface area contributed by atoms with Crippen molar-refractivity contribution in [2.45, 2.75) is 17.0 Å². The molecule has 1 amide bonds. The summed E-state index contributed by atoms with van der Waals surface area (Å²) in [5.41, 5.74) is 3.90. The summed E-state index contributed by atoms with van der Waals surface area (Å²) in [4.78, 5) is 20.9. The molecule has 1 heterocycles. The summed E-state index contributed by atoms with van der Waals surface area (Å²) in [6.07, 6.45) is 0. The molecule has 0 unspecified atom stereocenters. The first-order chi connectivity index (χ1) is 13.3. The molecule has 0 spiro atoms. The van der Waals surface area contributed by atoms with Gasteiger partial charge in [-0.2, -0.15) is 0 Å². The SMILES string of the molecule is O=C(NCc1ccccc1)[C@H](Sc1nc2ccccc2[nH]1)c1ccccc1. The normalized spacial score (nSPS) is 12.0. The van der Waals surface area contributed by atoms with E-state index in [2.05, 4.69) is 15.3 Å². The van der Waals surface area contributed by atoms with E-state index in [0.717, 1.165) is 27.3 Å². The largest absolute Gasteiger partial charge is 0.351 e. The van der Waals surface area contributed by atoms with Crippen LogP contribution in [-0.2, 0) is 11.3 Å². The number of rotatable bonds is 6. The minimum atomic E-state index is -0.379. The number of aromatic nitrogens is 2. The van der Waals surface area contributed by atoms with Crippen molar-refractivity contribution in [2.24, 2.45) is 0 Å². The van der Waals surface area contributed by atoms with E-state index in [-0.39, 0.29) is 11.2 Å². The predicted molar refractivity (Wildman–Crippen MR) is 109 cm³/mol. The van der Waals surface area contributed by atoms with Crippen molar-refractivity contribution in [3.63, 3.8) is 0 Å². The highest BCUT2D eigenvalue weighted by molar-refractivity contribution is 8.00. The molecule has 134 valence electrons. The summed E-state index contributed by atoms with van der Waals surface area (Å²) in [6, 6.07) is 27.6. The van der Waals surface area contributed by atoms with Crippen LogP contribution < -0.4 is 5.32 Å². The van der Waals surface area contributed by atoms with Crippen molar-refractivity contribution in [3.05, 3.63) is 96.1 Å². The fourth-order valence-corrected chi connectivity index (χ4v) is 3.90. The standard InChI is InChI=1S/C22H19N3OS/c26-21(23-15-16-9-3-1-4-10-16)20(17-11-5-2-6-12-17)27-22-24-18-13-7-8-14-19(18)25-22/h1-14,20H,15H2,(H,23,26)(H,24,25)/t20-/m1/s1. The number of para-hydroxylation sites is 2. The average molecular weight is 373 g/mol. The smallest absolute Gasteiger partial charge is 0.238 e. The molecule has 0 aliphatic rings. The van der Waals surface area contributed by atoms with Gasteiger partial charge in [-0.1, -0.05) is 84.6 Å². The van der Waals surface area contributed by atoms with Crippen LogP contribution in [0, 0.1) is 0 Å². The first-order valence-electron chi connectivity index (χ1n) is 8.77. The van der Waals surface area contributed by atoms with E-state index in [0.29, 0.717) is 6.54 Å². The summed E-state index contributed by atoms with van der Waals surface area (Å²) in [7, 11) is 0. The van der Waals surface area contributed by atoms with Crippen molar-refractivity contribution < 1.29 is 4.79 Å². The zero-order valence-corrected chi connectivity index (χ0v) is 15.4. The molecule has 4 rings (SSSR count). The third-order valence-electron chi connectivity index (χ3n) is 4.25. The van der Waals surface area contributed by atoms with Crippen LogP contribution >= 0.6 is 11.8 Å². The van der Waals surface area contributed by atoms with Gasteiger partial charge in [-0.15, -0.1) is 0 Å². The lowest BCUT2D eigenvalue weighted by molar-refractivity contribution is -0.120. The fraction of sp³-hybridized carbons (Fsp3) is 0.0909. The summed E-state index contributed by atoms with van der Waals surface area (Å²) in [6.45, 7) is 0.504. The first kappa shape index (κ1) is 17.4. The monoisotopic (exact) mass is 373 g/mol. The number of aromatic amines is 1. The Morgan fingerprint density at radius 2 is 1.59 bits per heavy atom. The van der Waals surface area contributed by atoms with E-state index in [1.54, 1.807) is 0 Å². The number of fused-ring (bicyclic) bond motifs is 1. The number of amides is 1. The number of benzene rings is 3. The Labute approximate surface area is 162 Å². The summed E-state index contributed by atoms with van der Waals surface area (Å²) in [5, 5.41) is 3.41. The van der Waals surface area contributed by atoms with Crippen molar-refractivity contribution in [2.75, 3.05) is 0 Å². The van der Waals surface area contributed by atoms with Crippen LogP contribution in [0.4, 0.5) is 0 Å². The molecule has 0 aliphatic heterocycles. The highest BCUT2D eigenvalue weighted by atomic mass is 32.2. The molecule has 1 atom stereocenters. The highest BCUT2D eigenvalue weighted by Crippen LogP contribution is 2.34. The van der Waals surface area contributed by atoms with E-state index in [4.69, 9.17) is 0 Å². The van der Waals surface area contributed by atoms with Crippen molar-refractivity contribution in [3.8, 4) is 0 Å². The Bertz CT molecular complexity index is 998. The quantitative estimate of drug-likeness (QED) is 0.481. The number of nitrogens with one attached hydrogen (secondary N) is 2. The molecule has 3 aromatic carbocycles. The van der Waals surface area contributed by atoms with Crippen LogP contribution in [0.5, 0.6) is 0 Å². The molecule has 0 fully saturated rings. The van der Waals surface area contributed by atoms with Crippen molar-refractivity contribution in [1.29, 1.82) is 0 Å². The zero-order valence-electron chi connectivity index (χ0n) is 14.6. The lowest BCUT2D eigenvalue weighted by atomic mass is 10.1. The molecular formula is C22H19N3OS. The number of hydrogen-bond acceptors (Lipinski definition) is 3. The lowest BCUT2D eigenvalue weighted by Gasteiger charge is -2.16. The van der Waals surface area contributed by atoms with Crippen LogP contribution in [0.2, 0.25) is 0 Å². The minimum Gasteiger partial charge on any atom is -0.351 e. The van der Waals surface area contributed by atoms with Gasteiger partial charge in [0, 0.05) is 6.54 Å². The Hall–Kier alpha value is -3.05. The third kappa shape index (κ3) is 4.20. The van der Waals surface area contributed by atoms with Crippen LogP contribution in [0.3, 0.4) is 0 Å². The molecule has 2 N–H and O–H groups in total. The van der Waals surface area contributed by atoms with Gasteiger partial charge >= 0.3 is 0 Å².